The van der Waals surface area contributed by atoms with Crippen LogP contribution in [0.5, 0.6) is 0 Å². The quantitative estimate of drug-likeness (QED) is 0.620. The molecule has 1 nitrogen and oxygen atoms in total. The molecule has 0 aliphatic heterocycles. The van der Waals surface area contributed by atoms with Gasteiger partial charge in [0.15, 0.2) is 0 Å². The Labute approximate surface area is 58.6 Å². The zero-order valence-electron chi connectivity index (χ0n) is 7.02. The Morgan fingerprint density at radius 2 is 1.67 bits per heavy atom. The Hall–Kier alpha value is -0.0400. The van der Waals surface area contributed by atoms with E-state index in [-0.39, 0.29) is 0 Å². The highest BCUT2D eigenvalue weighted by atomic mass is 14.6. The maximum absolute atomic E-state index is 5.71. The molecule has 0 aromatic rings. The number of nitrogens with two attached hydrogens (primary N) is 1. The summed E-state index contributed by atoms with van der Waals surface area (Å²) in [5.41, 5.74) is 5.71. The summed E-state index contributed by atoms with van der Waals surface area (Å²) in [6.07, 6.45) is 1.24. The maximum Gasteiger partial charge on any atom is 0.00386 e. The summed E-state index contributed by atoms with van der Waals surface area (Å²) in [7, 11) is 0. The molecule has 0 bridgehead atoms. The van der Waals surface area contributed by atoms with Gasteiger partial charge in [0.1, 0.15) is 0 Å². The van der Waals surface area contributed by atoms with Gasteiger partial charge in [0.05, 0.1) is 0 Å². The lowest BCUT2D eigenvalue weighted by Crippen LogP contribution is -2.28. The third-order valence-electron chi connectivity index (χ3n) is 2.37. The van der Waals surface area contributed by atoms with Gasteiger partial charge in [-0.3, -0.25) is 0 Å². The zero-order valence-corrected chi connectivity index (χ0v) is 7.02. The van der Waals surface area contributed by atoms with Crippen LogP contribution < -0.4 is 5.73 Å². The highest BCUT2D eigenvalue weighted by Gasteiger charge is 2.13. The van der Waals surface area contributed by atoms with Crippen molar-refractivity contribution in [2.45, 2.75) is 40.2 Å². The lowest BCUT2D eigenvalue weighted by molar-refractivity contribution is 0.330. The van der Waals surface area contributed by atoms with Gasteiger partial charge in [-0.05, 0) is 18.8 Å². The summed E-state index contributed by atoms with van der Waals surface area (Å²) in [6.45, 7) is 8.77. The Morgan fingerprint density at radius 3 is 1.78 bits per heavy atom. The van der Waals surface area contributed by atoms with Gasteiger partial charge in [-0.15, -0.1) is 0 Å². The lowest BCUT2D eigenvalue weighted by Gasteiger charge is -2.21. The van der Waals surface area contributed by atoms with E-state index < -0.39 is 0 Å². The van der Waals surface area contributed by atoms with E-state index >= 15 is 0 Å². The highest BCUT2D eigenvalue weighted by molar-refractivity contribution is 4.68. The number of hydrogen-bond acceptors (Lipinski definition) is 1. The van der Waals surface area contributed by atoms with Gasteiger partial charge in [-0.25, -0.2) is 0 Å². The van der Waals surface area contributed by atoms with Crippen molar-refractivity contribution in [1.29, 1.82) is 0 Å². The van der Waals surface area contributed by atoms with Crippen LogP contribution in [0.2, 0.25) is 0 Å². The summed E-state index contributed by atoms with van der Waals surface area (Å²) in [4.78, 5) is 0. The van der Waals surface area contributed by atoms with Gasteiger partial charge < -0.3 is 5.73 Å². The van der Waals surface area contributed by atoms with Crippen LogP contribution in [0.4, 0.5) is 0 Å². The first-order valence-corrected chi connectivity index (χ1v) is 3.85. The Balaban J connectivity index is 3.58. The van der Waals surface area contributed by atoms with E-state index in [9.17, 15) is 0 Å². The Morgan fingerprint density at radius 1 is 1.22 bits per heavy atom. The summed E-state index contributed by atoms with van der Waals surface area (Å²) < 4.78 is 0. The summed E-state index contributed by atoms with van der Waals surface area (Å²) in [5, 5.41) is 0. The third-order valence-corrected chi connectivity index (χ3v) is 2.37. The first kappa shape index (κ1) is 8.96. The normalized spacial score (nSPS) is 21.0. The first-order valence-electron chi connectivity index (χ1n) is 3.85. The van der Waals surface area contributed by atoms with Crippen molar-refractivity contribution >= 4 is 0 Å². The molecule has 0 aromatic heterocycles. The maximum atomic E-state index is 5.71. The fraction of sp³-hybridized carbons (Fsp3) is 1.00. The van der Waals surface area contributed by atoms with Crippen molar-refractivity contribution < 1.29 is 0 Å². The van der Waals surface area contributed by atoms with E-state index in [4.69, 9.17) is 5.73 Å². The van der Waals surface area contributed by atoms with Crippen LogP contribution in [0.1, 0.15) is 34.1 Å². The van der Waals surface area contributed by atoms with Crippen molar-refractivity contribution in [2.24, 2.45) is 17.6 Å². The van der Waals surface area contributed by atoms with Crippen LogP contribution in [0.15, 0.2) is 0 Å². The largest absolute Gasteiger partial charge is 0.328 e. The molecule has 0 saturated heterocycles. The van der Waals surface area contributed by atoms with E-state index in [1.54, 1.807) is 0 Å². The van der Waals surface area contributed by atoms with Crippen LogP contribution in [0, 0.1) is 11.8 Å². The first-order chi connectivity index (χ1) is 4.09. The zero-order chi connectivity index (χ0) is 7.44. The highest BCUT2D eigenvalue weighted by Crippen LogP contribution is 2.16. The lowest BCUT2D eigenvalue weighted by atomic mass is 9.89. The van der Waals surface area contributed by atoms with Gasteiger partial charge >= 0.3 is 0 Å². The molecule has 0 radical (unpaired) electrons. The van der Waals surface area contributed by atoms with Crippen molar-refractivity contribution in [2.75, 3.05) is 0 Å². The van der Waals surface area contributed by atoms with Gasteiger partial charge in [-0.2, -0.15) is 0 Å². The molecule has 0 amide bonds. The van der Waals surface area contributed by atoms with Gasteiger partial charge in [-0.1, -0.05) is 27.2 Å². The predicted octanol–water partition coefficient (Wildman–Crippen LogP) is 2.02. The monoisotopic (exact) mass is 129 g/mol. The molecule has 1 heteroatoms. The van der Waals surface area contributed by atoms with Gasteiger partial charge in [0.25, 0.3) is 0 Å². The molecule has 56 valence electrons. The molecule has 0 rings (SSSR count). The SMILES string of the molecule is CCC(C)C(C)C(C)N. The molecule has 0 spiro atoms. The van der Waals surface area contributed by atoms with Crippen LogP contribution in [0.25, 0.3) is 0 Å². The predicted molar refractivity (Wildman–Crippen MR) is 42.3 cm³/mol. The van der Waals surface area contributed by atoms with Crippen molar-refractivity contribution in [3.05, 3.63) is 0 Å². The fourth-order valence-electron chi connectivity index (χ4n) is 0.890. The van der Waals surface area contributed by atoms with E-state index in [1.807, 2.05) is 0 Å². The molecule has 3 atom stereocenters. The summed E-state index contributed by atoms with van der Waals surface area (Å²) >= 11 is 0. The van der Waals surface area contributed by atoms with E-state index in [2.05, 4.69) is 27.7 Å². The Kier molecular flexibility index (Phi) is 3.87. The minimum Gasteiger partial charge on any atom is -0.328 e. The van der Waals surface area contributed by atoms with Crippen LogP contribution in [-0.4, -0.2) is 6.04 Å². The minimum absolute atomic E-state index is 0.347. The third kappa shape index (κ3) is 2.85. The number of hydrogen-bond donors (Lipinski definition) is 1. The summed E-state index contributed by atoms with van der Waals surface area (Å²) in [6, 6.07) is 0.347. The average molecular weight is 129 g/mol. The standard InChI is InChI=1S/C8H19N/c1-5-6(2)7(3)8(4)9/h6-8H,5,9H2,1-4H3. The van der Waals surface area contributed by atoms with Gasteiger partial charge in [0.2, 0.25) is 0 Å². The average Bonchev–Trinajstić information content (AvgIpc) is 1.84. The second-order valence-corrected chi connectivity index (χ2v) is 3.10. The Bertz CT molecular complexity index is 69.0. The molecule has 0 saturated carbocycles. The van der Waals surface area contributed by atoms with Crippen LogP contribution >= 0.6 is 0 Å². The summed E-state index contributed by atoms with van der Waals surface area (Å²) in [5.74, 6) is 1.43. The fourth-order valence-corrected chi connectivity index (χ4v) is 0.890. The molecule has 0 aromatic carbocycles. The molecule has 0 heterocycles. The molecule has 9 heavy (non-hydrogen) atoms. The molecule has 0 aliphatic carbocycles. The topological polar surface area (TPSA) is 26.0 Å². The second-order valence-electron chi connectivity index (χ2n) is 3.10. The second kappa shape index (κ2) is 3.89. The molecular weight excluding hydrogens is 110 g/mol. The molecule has 0 fully saturated rings. The van der Waals surface area contributed by atoms with Crippen LogP contribution in [0.3, 0.4) is 0 Å². The minimum atomic E-state index is 0.347. The van der Waals surface area contributed by atoms with Crippen LogP contribution in [-0.2, 0) is 0 Å². The molecular formula is C8H19N. The van der Waals surface area contributed by atoms with Gasteiger partial charge in [0, 0.05) is 6.04 Å². The smallest absolute Gasteiger partial charge is 0.00386 e. The molecule has 0 aliphatic rings. The van der Waals surface area contributed by atoms with Crippen molar-refractivity contribution in [3.63, 3.8) is 0 Å². The van der Waals surface area contributed by atoms with E-state index in [0.717, 1.165) is 5.92 Å². The van der Waals surface area contributed by atoms with E-state index in [1.165, 1.54) is 6.42 Å². The van der Waals surface area contributed by atoms with Crippen molar-refractivity contribution in [1.82, 2.24) is 0 Å². The molecule has 2 N–H and O–H groups in total. The molecule has 3 unspecified atom stereocenters. The van der Waals surface area contributed by atoms with Crippen molar-refractivity contribution in [3.8, 4) is 0 Å². The van der Waals surface area contributed by atoms with E-state index in [0.29, 0.717) is 12.0 Å². The number of rotatable bonds is 3.